The quantitative estimate of drug-likeness (QED) is 0.693. The molecule has 0 saturated heterocycles. The highest BCUT2D eigenvalue weighted by Crippen LogP contribution is 2.32. The molecule has 3 heteroatoms. The monoisotopic (exact) mass is 280 g/mol. The van der Waals surface area contributed by atoms with E-state index in [1.807, 2.05) is 48.5 Å². The van der Waals surface area contributed by atoms with Crippen molar-refractivity contribution in [1.29, 1.82) is 0 Å². The van der Waals surface area contributed by atoms with Gasteiger partial charge in [0.15, 0.2) is 5.78 Å². The minimum Gasteiger partial charge on any atom is -0.511 e. The van der Waals surface area contributed by atoms with Crippen molar-refractivity contribution >= 4 is 11.4 Å². The number of hydrogen-bond acceptors (Lipinski definition) is 3. The second kappa shape index (κ2) is 5.44. The SMILES string of the molecule is COc1cccc(CC(O)=C2C(=O)Cc3ccccc32)c1. The van der Waals surface area contributed by atoms with Crippen molar-refractivity contribution < 1.29 is 14.6 Å². The van der Waals surface area contributed by atoms with E-state index in [1.54, 1.807) is 7.11 Å². The summed E-state index contributed by atoms with van der Waals surface area (Å²) in [6.45, 7) is 0. The minimum atomic E-state index is -0.0170. The molecule has 3 rings (SSSR count). The highest BCUT2D eigenvalue weighted by molar-refractivity contribution is 6.25. The number of rotatable bonds is 3. The second-order valence-corrected chi connectivity index (χ2v) is 5.11. The zero-order valence-corrected chi connectivity index (χ0v) is 11.8. The van der Waals surface area contributed by atoms with Crippen molar-refractivity contribution in [2.24, 2.45) is 0 Å². The molecule has 2 aromatic rings. The first-order chi connectivity index (χ1) is 10.2. The lowest BCUT2D eigenvalue weighted by atomic mass is 10.0. The summed E-state index contributed by atoms with van der Waals surface area (Å²) in [7, 11) is 1.61. The molecular formula is C18H16O3. The molecule has 0 heterocycles. The van der Waals surface area contributed by atoms with Crippen LogP contribution in [0.2, 0.25) is 0 Å². The minimum absolute atomic E-state index is 0.0170. The fraction of sp³-hybridized carbons (Fsp3) is 0.167. The predicted molar refractivity (Wildman–Crippen MR) is 81.4 cm³/mol. The molecule has 0 aromatic heterocycles. The molecule has 0 unspecified atom stereocenters. The number of fused-ring (bicyclic) bond motifs is 1. The third kappa shape index (κ3) is 2.55. The molecule has 0 saturated carbocycles. The molecule has 106 valence electrons. The van der Waals surface area contributed by atoms with Gasteiger partial charge in [0, 0.05) is 12.8 Å². The van der Waals surface area contributed by atoms with Crippen LogP contribution >= 0.6 is 0 Å². The molecule has 0 spiro atoms. The highest BCUT2D eigenvalue weighted by Gasteiger charge is 2.27. The Balaban J connectivity index is 1.96. The molecule has 1 aliphatic rings. The van der Waals surface area contributed by atoms with Crippen molar-refractivity contribution in [3.8, 4) is 5.75 Å². The Labute approximate surface area is 123 Å². The van der Waals surface area contributed by atoms with Crippen molar-refractivity contribution in [2.45, 2.75) is 12.8 Å². The van der Waals surface area contributed by atoms with Gasteiger partial charge in [0.1, 0.15) is 11.5 Å². The van der Waals surface area contributed by atoms with Crippen molar-refractivity contribution in [2.75, 3.05) is 7.11 Å². The third-order valence-electron chi connectivity index (χ3n) is 3.71. The van der Waals surface area contributed by atoms with Crippen LogP contribution in [0, 0.1) is 0 Å². The van der Waals surface area contributed by atoms with Crippen molar-refractivity contribution in [3.63, 3.8) is 0 Å². The number of benzene rings is 2. The highest BCUT2D eigenvalue weighted by atomic mass is 16.5. The number of carbonyl (C=O) groups excluding carboxylic acids is 1. The van der Waals surface area contributed by atoms with Gasteiger partial charge >= 0.3 is 0 Å². The topological polar surface area (TPSA) is 46.5 Å². The Morgan fingerprint density at radius 1 is 1.19 bits per heavy atom. The Hall–Kier alpha value is -2.55. The summed E-state index contributed by atoms with van der Waals surface area (Å²) in [5.74, 6) is 0.846. The summed E-state index contributed by atoms with van der Waals surface area (Å²) in [6, 6.07) is 15.1. The average molecular weight is 280 g/mol. The maximum atomic E-state index is 12.1. The Morgan fingerprint density at radius 2 is 2.00 bits per heavy atom. The molecule has 0 bridgehead atoms. The number of carbonyl (C=O) groups is 1. The van der Waals surface area contributed by atoms with E-state index in [0.29, 0.717) is 18.4 Å². The van der Waals surface area contributed by atoms with Gasteiger partial charge < -0.3 is 9.84 Å². The van der Waals surface area contributed by atoms with Gasteiger partial charge in [0.05, 0.1) is 12.7 Å². The lowest BCUT2D eigenvalue weighted by molar-refractivity contribution is -0.112. The number of methoxy groups -OCH3 is 1. The molecule has 0 aliphatic heterocycles. The van der Waals surface area contributed by atoms with E-state index in [0.717, 1.165) is 22.4 Å². The van der Waals surface area contributed by atoms with Gasteiger partial charge in [-0.25, -0.2) is 0 Å². The Morgan fingerprint density at radius 3 is 2.81 bits per heavy atom. The van der Waals surface area contributed by atoms with Crippen LogP contribution in [0.15, 0.2) is 54.3 Å². The average Bonchev–Trinajstić information content (AvgIpc) is 2.83. The number of allylic oxidation sites excluding steroid dienone is 2. The Bertz CT molecular complexity index is 729. The van der Waals surface area contributed by atoms with Gasteiger partial charge in [-0.1, -0.05) is 36.4 Å². The Kier molecular flexibility index (Phi) is 3.48. The summed E-state index contributed by atoms with van der Waals surface area (Å²) >= 11 is 0. The molecular weight excluding hydrogens is 264 g/mol. The number of Topliss-reactive ketones (excluding diaryl/α,β-unsaturated/α-hetero) is 1. The van der Waals surface area contributed by atoms with E-state index in [9.17, 15) is 9.90 Å². The molecule has 2 aromatic carbocycles. The van der Waals surface area contributed by atoms with Gasteiger partial charge in [-0.2, -0.15) is 0 Å². The van der Waals surface area contributed by atoms with Gasteiger partial charge in [-0.15, -0.1) is 0 Å². The number of hydrogen-bond donors (Lipinski definition) is 1. The van der Waals surface area contributed by atoms with E-state index in [2.05, 4.69) is 0 Å². The maximum absolute atomic E-state index is 12.1. The lowest BCUT2D eigenvalue weighted by Crippen LogP contribution is -2.01. The zero-order chi connectivity index (χ0) is 14.8. The fourth-order valence-electron chi connectivity index (χ4n) is 2.71. The molecule has 0 radical (unpaired) electrons. The second-order valence-electron chi connectivity index (χ2n) is 5.11. The first-order valence-electron chi connectivity index (χ1n) is 6.85. The van der Waals surface area contributed by atoms with E-state index < -0.39 is 0 Å². The molecule has 0 amide bonds. The number of ketones is 1. The van der Waals surface area contributed by atoms with E-state index in [1.165, 1.54) is 0 Å². The summed E-state index contributed by atoms with van der Waals surface area (Å²) in [5.41, 5.74) is 3.20. The van der Waals surface area contributed by atoms with Crippen molar-refractivity contribution in [1.82, 2.24) is 0 Å². The summed E-state index contributed by atoms with van der Waals surface area (Å²) in [4.78, 5) is 12.1. The summed E-state index contributed by atoms with van der Waals surface area (Å²) in [6.07, 6.45) is 0.695. The largest absolute Gasteiger partial charge is 0.511 e. The number of aliphatic hydroxyl groups excluding tert-OH is 1. The van der Waals surface area contributed by atoms with Crippen LogP contribution in [0.5, 0.6) is 5.75 Å². The van der Waals surface area contributed by atoms with Crippen LogP contribution in [0.25, 0.3) is 5.57 Å². The summed E-state index contributed by atoms with van der Waals surface area (Å²) in [5, 5.41) is 10.4. The summed E-state index contributed by atoms with van der Waals surface area (Å²) < 4.78 is 5.17. The van der Waals surface area contributed by atoms with Crippen LogP contribution < -0.4 is 4.74 Å². The molecule has 0 fully saturated rings. The van der Waals surface area contributed by atoms with E-state index >= 15 is 0 Å². The van der Waals surface area contributed by atoms with E-state index in [4.69, 9.17) is 4.74 Å². The van der Waals surface area contributed by atoms with Gasteiger partial charge in [0.2, 0.25) is 0 Å². The number of ether oxygens (including phenoxy) is 1. The normalized spacial score (nSPS) is 15.8. The first kappa shape index (κ1) is 13.4. The molecule has 3 nitrogen and oxygen atoms in total. The maximum Gasteiger partial charge on any atom is 0.171 e. The van der Waals surface area contributed by atoms with Crippen LogP contribution in [0.1, 0.15) is 16.7 Å². The molecule has 1 aliphatic carbocycles. The molecule has 0 atom stereocenters. The first-order valence-corrected chi connectivity index (χ1v) is 6.85. The molecule has 1 N–H and O–H groups in total. The lowest BCUT2D eigenvalue weighted by Gasteiger charge is -2.07. The van der Waals surface area contributed by atoms with E-state index in [-0.39, 0.29) is 11.5 Å². The molecule has 21 heavy (non-hydrogen) atoms. The van der Waals surface area contributed by atoms with Gasteiger partial charge in [0.25, 0.3) is 0 Å². The van der Waals surface area contributed by atoms with Gasteiger partial charge in [-0.05, 0) is 28.8 Å². The predicted octanol–water partition coefficient (Wildman–Crippen LogP) is 3.33. The number of aliphatic hydroxyl groups is 1. The van der Waals surface area contributed by atoms with Crippen LogP contribution in [-0.4, -0.2) is 18.0 Å². The van der Waals surface area contributed by atoms with Crippen LogP contribution in [-0.2, 0) is 17.6 Å². The smallest absolute Gasteiger partial charge is 0.171 e. The van der Waals surface area contributed by atoms with Crippen LogP contribution in [0.3, 0.4) is 0 Å². The van der Waals surface area contributed by atoms with Crippen molar-refractivity contribution in [3.05, 3.63) is 71.0 Å². The van der Waals surface area contributed by atoms with Crippen LogP contribution in [0.4, 0.5) is 0 Å². The standard InChI is InChI=1S/C18H16O3/c1-21-14-7-4-5-12(9-14)10-16(19)18-15-8-3-2-6-13(15)11-17(18)20/h2-9,19H,10-11H2,1H3. The van der Waals surface area contributed by atoms with Gasteiger partial charge in [-0.3, -0.25) is 4.79 Å². The third-order valence-corrected chi connectivity index (χ3v) is 3.71. The zero-order valence-electron chi connectivity index (χ0n) is 11.8. The fourth-order valence-corrected chi connectivity index (χ4v) is 2.71.